The highest BCUT2D eigenvalue weighted by atomic mass is 32.2. The van der Waals surface area contributed by atoms with Gasteiger partial charge in [-0.15, -0.1) is 11.8 Å². The normalized spacial score (nSPS) is 18.9. The van der Waals surface area contributed by atoms with E-state index >= 15 is 0 Å². The molecule has 0 spiro atoms. The van der Waals surface area contributed by atoms with Crippen LogP contribution in [-0.4, -0.2) is 317 Å². The standard InChI is InChI=1S/C66H110N16O25S3/c1-66(2,3)107-65(97)82-106-38-54(86)71-18-21-101-26-28-103-30-32-104-31-29-102-27-25-100-20-17-70-53(85)37-105-36-52(84)69-15-9-8-13-45-59(92)79-48(39-108)62(95)77-44(14-10-16-73-64(67)68)57(90)74-35-51(83)76-47(34-56(88)89)61(94)80-49(40-109)63(96)78-46(33-43-11-6-5-7-12-43)60(93)81-50(41-110-42-55(87)75-45)58(91)72-19-22-99-24-23-98-4/h5-7,11-12,44-50,108-109H,8-10,13-42H2,1-4H3,(H,69,84)(H,70,85)(H,71,86)(H,72,91)(H,74,90)(H,75,87)(H,76,83)(H,77,95)(H,78,96)(H,79,92)(H,80,94)(H,81,93)(H,82,97)(H,88,89)(H4,67,68,73)/t44-,45-,46-,47-,48-,49-,50-/m0/s1. The first-order valence-corrected chi connectivity index (χ1v) is 37.8. The van der Waals surface area contributed by atoms with Gasteiger partial charge in [0, 0.05) is 63.5 Å². The molecule has 1 aromatic carbocycles. The van der Waals surface area contributed by atoms with Gasteiger partial charge in [-0.3, -0.25) is 72.2 Å². The summed E-state index contributed by atoms with van der Waals surface area (Å²) in [5, 5.41) is 40.1. The van der Waals surface area contributed by atoms with Crippen molar-refractivity contribution in [3.63, 3.8) is 0 Å². The Morgan fingerprint density at radius 2 is 1.00 bits per heavy atom. The zero-order chi connectivity index (χ0) is 81.3. The monoisotopic (exact) mass is 1620 g/mol. The molecule has 1 aliphatic heterocycles. The van der Waals surface area contributed by atoms with Crippen molar-refractivity contribution in [3.8, 4) is 0 Å². The topological polar surface area (TPSA) is 572 Å². The Bertz CT molecular complexity index is 3020. The number of amides is 13. The first kappa shape index (κ1) is 97.6. The molecule has 7 atom stereocenters. The van der Waals surface area contributed by atoms with E-state index in [9.17, 15) is 72.2 Å². The predicted octanol–water partition coefficient (Wildman–Crippen LogP) is -6.27. The van der Waals surface area contributed by atoms with E-state index in [2.05, 4.69) is 94.1 Å². The van der Waals surface area contributed by atoms with Gasteiger partial charge in [-0.2, -0.15) is 30.7 Å². The van der Waals surface area contributed by atoms with Crippen molar-refractivity contribution < 1.29 is 120 Å². The number of benzene rings is 1. The smallest absolute Gasteiger partial charge is 0.431 e. The second kappa shape index (κ2) is 59.4. The van der Waals surface area contributed by atoms with Crippen LogP contribution in [-0.2, 0) is 116 Å². The lowest BCUT2D eigenvalue weighted by Gasteiger charge is -2.26. The number of thiol groups is 2. The molecule has 44 heteroatoms. The molecule has 41 nitrogen and oxygen atoms in total. The lowest BCUT2D eigenvalue weighted by molar-refractivity contribution is -0.141. The van der Waals surface area contributed by atoms with E-state index in [4.69, 9.17) is 58.9 Å². The van der Waals surface area contributed by atoms with Crippen LogP contribution in [0, 0.1) is 0 Å². The van der Waals surface area contributed by atoms with Crippen molar-refractivity contribution in [2.75, 3.05) is 175 Å². The first-order valence-electron chi connectivity index (χ1n) is 35.4. The molecule has 1 fully saturated rings. The van der Waals surface area contributed by atoms with Gasteiger partial charge in [0.05, 0.1) is 105 Å². The van der Waals surface area contributed by atoms with E-state index in [0.717, 1.165) is 11.8 Å². The van der Waals surface area contributed by atoms with Gasteiger partial charge in [0.1, 0.15) is 61.1 Å². The summed E-state index contributed by atoms with van der Waals surface area (Å²) in [7, 11) is 1.48. The molecule has 0 unspecified atom stereocenters. The quantitative estimate of drug-likeness (QED) is 0.00949. The molecule has 0 aliphatic carbocycles. The summed E-state index contributed by atoms with van der Waals surface area (Å²) in [5.74, 6) is -13.3. The molecule has 622 valence electrons. The Balaban J connectivity index is 2.08. The third-order valence-electron chi connectivity index (χ3n) is 14.4. The van der Waals surface area contributed by atoms with Gasteiger partial charge in [-0.05, 0) is 58.4 Å². The summed E-state index contributed by atoms with van der Waals surface area (Å²) in [4.78, 5) is 194. The summed E-state index contributed by atoms with van der Waals surface area (Å²) in [6, 6.07) is -2.21. The number of ether oxygens (including phenoxy) is 9. The lowest BCUT2D eigenvalue weighted by atomic mass is 10.0. The number of guanidine groups is 1. The highest BCUT2D eigenvalue weighted by molar-refractivity contribution is 8.00. The second-order valence-electron chi connectivity index (χ2n) is 24.8. The fourth-order valence-corrected chi connectivity index (χ4v) is 10.5. The van der Waals surface area contributed by atoms with Crippen LogP contribution >= 0.6 is 37.0 Å². The van der Waals surface area contributed by atoms with Crippen molar-refractivity contribution in [3.05, 3.63) is 35.9 Å². The minimum atomic E-state index is -1.85. The van der Waals surface area contributed by atoms with E-state index in [1.54, 1.807) is 51.1 Å². The Hall–Kier alpha value is -8.44. The molecule has 1 saturated heterocycles. The molecule has 110 heavy (non-hydrogen) atoms. The van der Waals surface area contributed by atoms with Crippen LogP contribution in [0.2, 0.25) is 0 Å². The molecule has 0 saturated carbocycles. The molecule has 0 radical (unpaired) electrons. The second-order valence-corrected chi connectivity index (χ2v) is 26.5. The van der Waals surface area contributed by atoms with E-state index in [1.165, 1.54) is 7.11 Å². The van der Waals surface area contributed by atoms with Crippen LogP contribution < -0.4 is 80.7 Å². The van der Waals surface area contributed by atoms with Crippen molar-refractivity contribution in [1.29, 1.82) is 0 Å². The zero-order valence-electron chi connectivity index (χ0n) is 62.4. The summed E-state index contributed by atoms with van der Waals surface area (Å²) < 4.78 is 48.0. The van der Waals surface area contributed by atoms with Crippen molar-refractivity contribution in [2.24, 2.45) is 16.5 Å². The Morgan fingerprint density at radius 3 is 1.54 bits per heavy atom. The summed E-state index contributed by atoms with van der Waals surface area (Å²) in [6.45, 7) is 6.52. The number of thioether (sulfide) groups is 1. The molecule has 1 aliphatic rings. The van der Waals surface area contributed by atoms with Crippen LogP contribution in [0.5, 0.6) is 0 Å². The highest BCUT2D eigenvalue weighted by Crippen LogP contribution is 2.12. The highest BCUT2D eigenvalue weighted by Gasteiger charge is 2.34. The Kier molecular flexibility index (Phi) is 52.7. The van der Waals surface area contributed by atoms with Gasteiger partial charge in [0.2, 0.25) is 70.9 Å². The fraction of sp³-hybridized carbons (Fsp3) is 0.682. The van der Waals surface area contributed by atoms with Crippen molar-refractivity contribution >= 4 is 126 Å². The minimum absolute atomic E-state index is 0.0201. The number of nitrogens with two attached hydrogens (primary N) is 2. The third kappa shape index (κ3) is 49.0. The zero-order valence-corrected chi connectivity index (χ0v) is 65.0. The van der Waals surface area contributed by atoms with Crippen LogP contribution in [0.3, 0.4) is 0 Å². The molecular formula is C66H110N16O25S3. The number of nitrogens with zero attached hydrogens (tertiary/aromatic N) is 1. The number of rotatable bonds is 47. The minimum Gasteiger partial charge on any atom is -0.481 e. The molecular weight excluding hydrogens is 1510 g/mol. The van der Waals surface area contributed by atoms with Gasteiger partial charge in [-0.1, -0.05) is 30.3 Å². The van der Waals surface area contributed by atoms with Crippen LogP contribution in [0.25, 0.3) is 0 Å². The third-order valence-corrected chi connectivity index (χ3v) is 16.2. The molecule has 18 N–H and O–H groups in total. The number of methoxy groups -OCH3 is 1. The van der Waals surface area contributed by atoms with E-state index in [1.807, 2.05) is 5.48 Å². The number of unbranched alkanes of at least 4 members (excludes halogenated alkanes) is 1. The Labute approximate surface area is 653 Å². The number of carboxylic acids is 1. The number of carboxylic acid groups (broad SMARTS) is 1. The average molecular weight is 1620 g/mol. The maximum absolute atomic E-state index is 14.4. The Morgan fingerprint density at radius 1 is 0.536 bits per heavy atom. The molecule has 2 rings (SSSR count). The molecule has 0 aromatic heterocycles. The van der Waals surface area contributed by atoms with Crippen LogP contribution in [0.1, 0.15) is 64.9 Å². The molecule has 0 bridgehead atoms. The van der Waals surface area contributed by atoms with Gasteiger partial charge in [0.25, 0.3) is 0 Å². The number of nitrogens with one attached hydrogen (secondary N) is 13. The van der Waals surface area contributed by atoms with Crippen molar-refractivity contribution in [1.82, 2.24) is 69.3 Å². The number of aliphatic imine (C=N–C) groups is 1. The van der Waals surface area contributed by atoms with Gasteiger partial charge in [-0.25, -0.2) is 4.79 Å². The van der Waals surface area contributed by atoms with Crippen LogP contribution in [0.4, 0.5) is 4.79 Å². The lowest BCUT2D eigenvalue weighted by Crippen LogP contribution is -2.60. The number of aliphatic carboxylic acids is 1. The maximum atomic E-state index is 14.4. The van der Waals surface area contributed by atoms with E-state index in [0.29, 0.717) is 45.2 Å². The molecule has 1 aromatic rings. The number of hydrogen-bond donors (Lipinski definition) is 18. The van der Waals surface area contributed by atoms with E-state index in [-0.39, 0.29) is 135 Å². The average Bonchev–Trinajstić information content (AvgIpc) is 0.928. The number of carbonyl (C=O) groups is 14. The SMILES string of the molecule is COCCOCCNC(=O)[C@@H]1CSCC(=O)N[C@@H](CCCCNC(=O)COCC(=O)NCCOCCOCCOCCOCCOCCNC(=O)CONC(=O)OC(C)(C)C)C(=O)N[C@@H](CS)C(=O)N[C@@H](CCCN=C(N)N)C(=O)NCC(=O)N[C@@H](CC(=O)O)C(=O)N[C@@H](CS)C(=O)N[C@@H](Cc2ccccc2)C(=O)N1. The first-order chi connectivity index (χ1) is 52.6. The van der Waals surface area contributed by atoms with Crippen molar-refractivity contribution in [2.45, 2.75) is 114 Å². The molecule has 1 heterocycles. The summed E-state index contributed by atoms with van der Waals surface area (Å²) >= 11 is 9.38. The molecule has 13 amide bonds. The summed E-state index contributed by atoms with van der Waals surface area (Å²) in [5.41, 5.74) is 12.8. The summed E-state index contributed by atoms with van der Waals surface area (Å²) in [6.07, 6.45) is -1.76. The van der Waals surface area contributed by atoms with Gasteiger partial charge < -0.3 is 123 Å². The number of hydrogen-bond acceptors (Lipinski definition) is 28. The van der Waals surface area contributed by atoms with E-state index < -0.39 is 175 Å². The predicted molar refractivity (Wildman–Crippen MR) is 403 cm³/mol. The fourth-order valence-electron chi connectivity index (χ4n) is 9.13. The number of hydroxylamine groups is 1. The number of carbonyl (C=O) groups excluding carboxylic acids is 13. The largest absolute Gasteiger partial charge is 0.481 e. The van der Waals surface area contributed by atoms with Crippen LogP contribution in [0.15, 0.2) is 35.3 Å². The van der Waals surface area contributed by atoms with Gasteiger partial charge >= 0.3 is 12.1 Å². The maximum Gasteiger partial charge on any atom is 0.431 e. The van der Waals surface area contributed by atoms with Gasteiger partial charge in [0.15, 0.2) is 12.6 Å².